The Labute approximate surface area is 84.1 Å². The molecule has 0 radical (unpaired) electrons. The number of hydrogen-bond acceptors (Lipinski definition) is 2. The van der Waals surface area contributed by atoms with Gasteiger partial charge in [0, 0.05) is 0 Å². The molecule has 0 fully saturated rings. The molecule has 72 valence electrons. The quantitative estimate of drug-likeness (QED) is 0.772. The summed E-state index contributed by atoms with van der Waals surface area (Å²) in [7, 11) is 0. The molecule has 0 aliphatic carbocycles. The van der Waals surface area contributed by atoms with E-state index in [0.29, 0.717) is 5.56 Å². The fourth-order valence-corrected chi connectivity index (χ4v) is 1.04. The van der Waals surface area contributed by atoms with E-state index in [4.69, 9.17) is 5.26 Å². The summed E-state index contributed by atoms with van der Waals surface area (Å²) in [5.41, 5.74) is 2.56. The van der Waals surface area contributed by atoms with Gasteiger partial charge in [-0.05, 0) is 37.1 Å². The Bertz CT molecular complexity index is 368. The Morgan fingerprint density at radius 1 is 1.43 bits per heavy atom. The molecular weight excluding hydrogens is 174 g/mol. The average molecular weight is 187 g/mol. The minimum absolute atomic E-state index is 0.425. The summed E-state index contributed by atoms with van der Waals surface area (Å²) in [6, 6.07) is 9.32. The Morgan fingerprint density at radius 3 is 2.43 bits per heavy atom. The fraction of sp³-hybridized carbons (Fsp3) is 0.250. The molecule has 1 aromatic rings. The highest BCUT2D eigenvalue weighted by Crippen LogP contribution is 2.10. The van der Waals surface area contributed by atoms with Crippen LogP contribution in [-0.2, 0) is 0 Å². The molecule has 2 nitrogen and oxygen atoms in total. The van der Waals surface area contributed by atoms with Gasteiger partial charge < -0.3 is 5.11 Å². The van der Waals surface area contributed by atoms with Gasteiger partial charge in [-0.25, -0.2) is 0 Å². The van der Waals surface area contributed by atoms with Crippen LogP contribution in [0.15, 0.2) is 29.8 Å². The van der Waals surface area contributed by atoms with Crippen LogP contribution in [0.5, 0.6) is 0 Å². The van der Waals surface area contributed by atoms with Crippen molar-refractivity contribution in [1.82, 2.24) is 0 Å². The van der Waals surface area contributed by atoms with E-state index in [9.17, 15) is 5.11 Å². The van der Waals surface area contributed by atoms with Crippen LogP contribution in [0.3, 0.4) is 0 Å². The third-order valence-corrected chi connectivity index (χ3v) is 2.09. The molecule has 2 heteroatoms. The van der Waals surface area contributed by atoms with Crippen molar-refractivity contribution in [2.24, 2.45) is 0 Å². The highest BCUT2D eigenvalue weighted by Gasteiger charge is 1.98. The van der Waals surface area contributed by atoms with Gasteiger partial charge in [0.05, 0.1) is 17.7 Å². The molecule has 0 aliphatic heterocycles. The number of benzene rings is 1. The number of aliphatic hydroxyl groups is 1. The normalized spacial score (nSPS) is 13.4. The van der Waals surface area contributed by atoms with Crippen molar-refractivity contribution in [1.29, 1.82) is 5.26 Å². The van der Waals surface area contributed by atoms with Crippen molar-refractivity contribution in [3.8, 4) is 6.07 Å². The van der Waals surface area contributed by atoms with Crippen molar-refractivity contribution in [3.05, 3.63) is 41.0 Å². The van der Waals surface area contributed by atoms with Crippen molar-refractivity contribution in [2.75, 3.05) is 0 Å². The lowest BCUT2D eigenvalue weighted by molar-refractivity contribution is 0.232. The molecule has 1 aromatic carbocycles. The average Bonchev–Trinajstić information content (AvgIpc) is 2.19. The largest absolute Gasteiger partial charge is 0.389 e. The second-order valence-electron chi connectivity index (χ2n) is 3.30. The van der Waals surface area contributed by atoms with Crippen LogP contribution >= 0.6 is 0 Å². The van der Waals surface area contributed by atoms with Gasteiger partial charge >= 0.3 is 0 Å². The zero-order valence-corrected chi connectivity index (χ0v) is 8.36. The zero-order chi connectivity index (χ0) is 10.6. The zero-order valence-electron chi connectivity index (χ0n) is 8.36. The van der Waals surface area contributed by atoms with Gasteiger partial charge in [-0.15, -0.1) is 0 Å². The number of nitriles is 1. The third-order valence-electron chi connectivity index (χ3n) is 2.09. The molecule has 1 atom stereocenters. The van der Waals surface area contributed by atoms with E-state index in [1.807, 2.05) is 25.1 Å². The first-order valence-electron chi connectivity index (χ1n) is 4.50. The topological polar surface area (TPSA) is 44.0 Å². The van der Waals surface area contributed by atoms with Gasteiger partial charge in [0.25, 0.3) is 0 Å². The molecule has 1 rings (SSSR count). The molecule has 0 saturated carbocycles. The lowest BCUT2D eigenvalue weighted by Gasteiger charge is -2.03. The maximum Gasteiger partial charge on any atom is 0.0991 e. The first-order valence-corrected chi connectivity index (χ1v) is 4.50. The summed E-state index contributed by atoms with van der Waals surface area (Å²) in [6.45, 7) is 3.61. The monoisotopic (exact) mass is 187 g/mol. The Balaban J connectivity index is 2.89. The van der Waals surface area contributed by atoms with E-state index in [-0.39, 0.29) is 0 Å². The highest BCUT2D eigenvalue weighted by molar-refractivity contribution is 5.54. The van der Waals surface area contributed by atoms with Gasteiger partial charge in [0.1, 0.15) is 0 Å². The molecule has 0 bridgehead atoms. The molecule has 0 spiro atoms. The van der Waals surface area contributed by atoms with E-state index in [0.717, 1.165) is 11.1 Å². The molecule has 0 aromatic heterocycles. The van der Waals surface area contributed by atoms with Crippen molar-refractivity contribution < 1.29 is 5.11 Å². The Kier molecular flexibility index (Phi) is 3.44. The lowest BCUT2D eigenvalue weighted by Crippen LogP contribution is -2.00. The maximum atomic E-state index is 9.26. The van der Waals surface area contributed by atoms with Crippen molar-refractivity contribution in [2.45, 2.75) is 20.0 Å². The summed E-state index contributed by atoms with van der Waals surface area (Å²) in [5.74, 6) is 0. The third kappa shape index (κ3) is 2.72. The van der Waals surface area contributed by atoms with Crippen LogP contribution in [0.4, 0.5) is 0 Å². The summed E-state index contributed by atoms with van der Waals surface area (Å²) in [4.78, 5) is 0. The molecular formula is C12H13NO. The molecule has 0 aliphatic rings. The van der Waals surface area contributed by atoms with Crippen molar-refractivity contribution >= 4 is 6.08 Å². The van der Waals surface area contributed by atoms with Crippen molar-refractivity contribution in [3.63, 3.8) is 0 Å². The highest BCUT2D eigenvalue weighted by atomic mass is 16.3. The van der Waals surface area contributed by atoms with Crippen LogP contribution in [0.1, 0.15) is 25.0 Å². The van der Waals surface area contributed by atoms with Gasteiger partial charge in [-0.3, -0.25) is 0 Å². The van der Waals surface area contributed by atoms with Crippen LogP contribution in [0.25, 0.3) is 6.08 Å². The van der Waals surface area contributed by atoms with Gasteiger partial charge in [0.2, 0.25) is 0 Å². The maximum absolute atomic E-state index is 9.26. The molecule has 0 saturated heterocycles. The van der Waals surface area contributed by atoms with E-state index < -0.39 is 6.10 Å². The number of rotatable bonds is 2. The van der Waals surface area contributed by atoms with Crippen LogP contribution in [0.2, 0.25) is 0 Å². The molecule has 0 amide bonds. The van der Waals surface area contributed by atoms with Crippen LogP contribution in [-0.4, -0.2) is 11.2 Å². The first-order chi connectivity index (χ1) is 6.63. The smallest absolute Gasteiger partial charge is 0.0991 e. The fourth-order valence-electron chi connectivity index (χ4n) is 1.04. The Morgan fingerprint density at radius 2 is 2.00 bits per heavy atom. The van der Waals surface area contributed by atoms with E-state index in [1.165, 1.54) is 0 Å². The SMILES string of the molecule is C/C(=C\c1ccc(C#N)cc1)C(C)O. The summed E-state index contributed by atoms with van der Waals surface area (Å²) in [6.07, 6.45) is 1.48. The first kappa shape index (κ1) is 10.5. The summed E-state index contributed by atoms with van der Waals surface area (Å²) < 4.78 is 0. The van der Waals surface area contributed by atoms with Gasteiger partial charge in [0.15, 0.2) is 0 Å². The predicted molar refractivity (Wildman–Crippen MR) is 56.5 cm³/mol. The van der Waals surface area contributed by atoms with E-state index in [2.05, 4.69) is 6.07 Å². The summed E-state index contributed by atoms with van der Waals surface area (Å²) in [5, 5.41) is 17.9. The van der Waals surface area contributed by atoms with Crippen LogP contribution < -0.4 is 0 Å². The van der Waals surface area contributed by atoms with Gasteiger partial charge in [-0.1, -0.05) is 18.2 Å². The summed E-state index contributed by atoms with van der Waals surface area (Å²) >= 11 is 0. The second-order valence-corrected chi connectivity index (χ2v) is 3.30. The van der Waals surface area contributed by atoms with E-state index >= 15 is 0 Å². The molecule has 1 unspecified atom stereocenters. The molecule has 0 heterocycles. The predicted octanol–water partition coefficient (Wildman–Crippen LogP) is 2.34. The van der Waals surface area contributed by atoms with E-state index in [1.54, 1.807) is 19.1 Å². The second kappa shape index (κ2) is 4.59. The molecule has 1 N–H and O–H groups in total. The standard InChI is InChI=1S/C12H13NO/c1-9(10(2)14)7-11-3-5-12(8-13)6-4-11/h3-7,10,14H,1-2H3/b9-7+. The minimum atomic E-state index is -0.425. The molecule has 14 heavy (non-hydrogen) atoms. The van der Waals surface area contributed by atoms with Crippen LogP contribution in [0, 0.1) is 11.3 Å². The lowest BCUT2D eigenvalue weighted by atomic mass is 10.1. The number of nitrogens with zero attached hydrogens (tertiary/aromatic N) is 1. The minimum Gasteiger partial charge on any atom is -0.389 e. The Hall–Kier alpha value is -1.59. The van der Waals surface area contributed by atoms with Gasteiger partial charge in [-0.2, -0.15) is 5.26 Å². The number of hydrogen-bond donors (Lipinski definition) is 1. The number of aliphatic hydroxyl groups excluding tert-OH is 1.